The molecule has 3 aromatic rings. The minimum Gasteiger partial charge on any atom is -0.336 e. The molecule has 1 N–H and O–H groups in total. The van der Waals surface area contributed by atoms with Crippen LogP contribution >= 0.6 is 23.1 Å². The minimum atomic E-state index is -0.218. The topological polar surface area (TPSA) is 80.1 Å². The summed E-state index contributed by atoms with van der Waals surface area (Å²) in [5.41, 5.74) is 1.85. The highest BCUT2D eigenvalue weighted by atomic mass is 32.2. The standard InChI is InChI=1S/C22H25N5O2S2/c1-15-5-7-16(8-6-15)23-20(28)13-26(2)21(29)14-31-22-25-24-19(27(22)17-9-10-17)12-18-4-3-11-30-18/h3-8,11,17H,9-10,12-14H2,1-2H3,(H,23,28). The number of nitrogens with one attached hydrogen (secondary N) is 1. The number of aromatic nitrogens is 3. The zero-order chi connectivity index (χ0) is 21.8. The third-order valence-corrected chi connectivity index (χ3v) is 6.83. The Labute approximate surface area is 189 Å². The van der Waals surface area contributed by atoms with E-state index in [-0.39, 0.29) is 24.1 Å². The van der Waals surface area contributed by atoms with Crippen LogP contribution in [-0.4, -0.2) is 50.8 Å². The number of nitrogens with zero attached hydrogens (tertiary/aromatic N) is 4. The van der Waals surface area contributed by atoms with Crippen LogP contribution < -0.4 is 5.32 Å². The molecule has 2 heterocycles. The lowest BCUT2D eigenvalue weighted by molar-refractivity contribution is -0.131. The van der Waals surface area contributed by atoms with Crippen molar-refractivity contribution in [3.63, 3.8) is 0 Å². The molecule has 2 amide bonds. The summed E-state index contributed by atoms with van der Waals surface area (Å²) >= 11 is 3.10. The summed E-state index contributed by atoms with van der Waals surface area (Å²) in [6, 6.07) is 12.1. The quantitative estimate of drug-likeness (QED) is 0.497. The highest BCUT2D eigenvalue weighted by molar-refractivity contribution is 7.99. The van der Waals surface area contributed by atoms with Gasteiger partial charge in [-0.1, -0.05) is 35.5 Å². The molecule has 0 radical (unpaired) electrons. The van der Waals surface area contributed by atoms with Gasteiger partial charge in [0.2, 0.25) is 11.8 Å². The second kappa shape index (κ2) is 9.65. The molecule has 0 saturated heterocycles. The summed E-state index contributed by atoms with van der Waals surface area (Å²) in [4.78, 5) is 27.5. The Morgan fingerprint density at radius 1 is 1.23 bits per heavy atom. The molecular weight excluding hydrogens is 430 g/mol. The predicted octanol–water partition coefficient (Wildman–Crippen LogP) is 3.76. The molecule has 0 atom stereocenters. The van der Waals surface area contributed by atoms with Crippen molar-refractivity contribution < 1.29 is 9.59 Å². The Morgan fingerprint density at radius 3 is 2.68 bits per heavy atom. The largest absolute Gasteiger partial charge is 0.336 e. The first-order valence-electron chi connectivity index (χ1n) is 10.2. The average molecular weight is 456 g/mol. The van der Waals surface area contributed by atoms with Gasteiger partial charge in [-0.05, 0) is 43.3 Å². The number of rotatable bonds is 9. The number of aryl methyl sites for hydroxylation is 1. The minimum absolute atomic E-state index is 0.00616. The fourth-order valence-corrected chi connectivity index (χ4v) is 4.84. The van der Waals surface area contributed by atoms with E-state index in [1.807, 2.05) is 37.3 Å². The first kappa shape index (κ1) is 21.6. The highest BCUT2D eigenvalue weighted by Gasteiger charge is 2.30. The van der Waals surface area contributed by atoms with E-state index in [0.29, 0.717) is 6.04 Å². The maximum atomic E-state index is 12.6. The highest BCUT2D eigenvalue weighted by Crippen LogP contribution is 2.39. The van der Waals surface area contributed by atoms with Crippen molar-refractivity contribution in [2.24, 2.45) is 0 Å². The van der Waals surface area contributed by atoms with Crippen LogP contribution in [0.4, 0.5) is 5.69 Å². The molecule has 1 aliphatic rings. The van der Waals surface area contributed by atoms with Gasteiger partial charge in [-0.3, -0.25) is 9.59 Å². The van der Waals surface area contributed by atoms with E-state index in [2.05, 4.69) is 31.5 Å². The molecule has 162 valence electrons. The number of thioether (sulfide) groups is 1. The van der Waals surface area contributed by atoms with Gasteiger partial charge in [-0.15, -0.1) is 21.5 Å². The van der Waals surface area contributed by atoms with Gasteiger partial charge >= 0.3 is 0 Å². The second-order valence-corrected chi connectivity index (χ2v) is 9.68. The molecule has 1 fully saturated rings. The molecule has 1 aliphatic carbocycles. The molecule has 1 aromatic carbocycles. The van der Waals surface area contributed by atoms with Crippen molar-refractivity contribution in [3.05, 3.63) is 58.0 Å². The molecule has 0 unspecified atom stereocenters. The van der Waals surface area contributed by atoms with Crippen molar-refractivity contribution in [2.45, 2.75) is 37.4 Å². The normalized spacial score (nSPS) is 13.2. The number of thiophene rings is 1. The van der Waals surface area contributed by atoms with E-state index in [1.165, 1.54) is 21.5 Å². The molecule has 1 saturated carbocycles. The van der Waals surface area contributed by atoms with Gasteiger partial charge in [0.25, 0.3) is 0 Å². The van der Waals surface area contributed by atoms with Crippen molar-refractivity contribution in [2.75, 3.05) is 24.7 Å². The monoisotopic (exact) mass is 455 g/mol. The van der Waals surface area contributed by atoms with Crippen LogP contribution in [0, 0.1) is 6.92 Å². The number of likely N-dealkylation sites (N-methyl/N-ethyl adjacent to an activating group) is 1. The number of hydrogen-bond acceptors (Lipinski definition) is 6. The number of benzene rings is 1. The van der Waals surface area contributed by atoms with E-state index >= 15 is 0 Å². The fraction of sp³-hybridized carbons (Fsp3) is 0.364. The predicted molar refractivity (Wildman–Crippen MR) is 124 cm³/mol. The Bertz CT molecular complexity index is 1040. The van der Waals surface area contributed by atoms with Gasteiger partial charge in [0.15, 0.2) is 5.16 Å². The van der Waals surface area contributed by atoms with Crippen molar-refractivity contribution in [3.8, 4) is 0 Å². The Morgan fingerprint density at radius 2 is 2.00 bits per heavy atom. The lowest BCUT2D eigenvalue weighted by Crippen LogP contribution is -2.36. The summed E-state index contributed by atoms with van der Waals surface area (Å²) in [5, 5.41) is 14.4. The number of amides is 2. The molecule has 0 aliphatic heterocycles. The van der Waals surface area contributed by atoms with Crippen LogP contribution in [0.25, 0.3) is 0 Å². The molecule has 9 heteroatoms. The van der Waals surface area contributed by atoms with Crippen LogP contribution in [0.3, 0.4) is 0 Å². The van der Waals surface area contributed by atoms with Crippen molar-refractivity contribution >= 4 is 40.6 Å². The van der Waals surface area contributed by atoms with Crippen molar-refractivity contribution in [1.82, 2.24) is 19.7 Å². The maximum Gasteiger partial charge on any atom is 0.243 e. The summed E-state index contributed by atoms with van der Waals surface area (Å²) in [5.74, 6) is 0.835. The van der Waals surface area contributed by atoms with E-state index in [1.54, 1.807) is 18.4 Å². The van der Waals surface area contributed by atoms with Gasteiger partial charge in [0.05, 0.1) is 12.3 Å². The molecule has 0 bridgehead atoms. The summed E-state index contributed by atoms with van der Waals surface area (Å²) in [6.45, 7) is 2.00. The average Bonchev–Trinajstić information content (AvgIpc) is 3.30. The van der Waals surface area contributed by atoms with Gasteiger partial charge in [0.1, 0.15) is 5.82 Å². The molecule has 0 spiro atoms. The maximum absolute atomic E-state index is 12.6. The smallest absolute Gasteiger partial charge is 0.243 e. The first-order valence-corrected chi connectivity index (χ1v) is 12.1. The third kappa shape index (κ3) is 5.74. The molecular formula is C22H25N5O2S2. The Kier molecular flexibility index (Phi) is 6.72. The number of carbonyl (C=O) groups excluding carboxylic acids is 2. The van der Waals surface area contributed by atoms with Gasteiger partial charge in [-0.2, -0.15) is 0 Å². The van der Waals surface area contributed by atoms with Gasteiger partial charge < -0.3 is 14.8 Å². The molecule has 4 rings (SSSR count). The Balaban J connectivity index is 1.31. The van der Waals surface area contributed by atoms with Crippen molar-refractivity contribution in [1.29, 1.82) is 0 Å². The van der Waals surface area contributed by atoms with E-state index < -0.39 is 0 Å². The van der Waals surface area contributed by atoms with Crippen LogP contribution in [0.15, 0.2) is 46.9 Å². The third-order valence-electron chi connectivity index (χ3n) is 5.03. The van der Waals surface area contributed by atoms with Crippen LogP contribution in [0.5, 0.6) is 0 Å². The van der Waals surface area contributed by atoms with Crippen LogP contribution in [-0.2, 0) is 16.0 Å². The van der Waals surface area contributed by atoms with E-state index in [0.717, 1.165) is 41.5 Å². The van der Waals surface area contributed by atoms with Gasteiger partial charge in [0, 0.05) is 30.1 Å². The summed E-state index contributed by atoms with van der Waals surface area (Å²) in [6.07, 6.45) is 3.00. The lowest BCUT2D eigenvalue weighted by Gasteiger charge is -2.17. The van der Waals surface area contributed by atoms with Gasteiger partial charge in [-0.25, -0.2) is 0 Å². The van der Waals surface area contributed by atoms with E-state index in [9.17, 15) is 9.59 Å². The molecule has 7 nitrogen and oxygen atoms in total. The second-order valence-electron chi connectivity index (χ2n) is 7.71. The van der Waals surface area contributed by atoms with E-state index in [4.69, 9.17) is 0 Å². The fourth-order valence-electron chi connectivity index (χ4n) is 3.17. The molecule has 2 aromatic heterocycles. The SMILES string of the molecule is Cc1ccc(NC(=O)CN(C)C(=O)CSc2nnc(Cc3cccs3)n2C2CC2)cc1. The molecule has 31 heavy (non-hydrogen) atoms. The lowest BCUT2D eigenvalue weighted by atomic mass is 10.2. The Hall–Kier alpha value is -2.65. The summed E-state index contributed by atoms with van der Waals surface area (Å²) in [7, 11) is 1.64. The first-order chi connectivity index (χ1) is 15.0. The number of carbonyl (C=O) groups is 2. The number of hydrogen-bond donors (Lipinski definition) is 1. The number of anilines is 1. The zero-order valence-corrected chi connectivity index (χ0v) is 19.2. The summed E-state index contributed by atoms with van der Waals surface area (Å²) < 4.78 is 2.18. The van der Waals surface area contributed by atoms with Crippen LogP contribution in [0.2, 0.25) is 0 Å². The van der Waals surface area contributed by atoms with Crippen LogP contribution in [0.1, 0.15) is 35.1 Å². The zero-order valence-electron chi connectivity index (χ0n) is 17.6.